The van der Waals surface area contributed by atoms with Gasteiger partial charge in [-0.05, 0) is 36.2 Å². The lowest BCUT2D eigenvalue weighted by atomic mass is 9.98. The lowest BCUT2D eigenvalue weighted by molar-refractivity contribution is -0.119. The van der Waals surface area contributed by atoms with E-state index in [9.17, 15) is 9.59 Å². The van der Waals surface area contributed by atoms with Crippen molar-refractivity contribution >= 4 is 28.3 Å². The van der Waals surface area contributed by atoms with Gasteiger partial charge in [-0.1, -0.05) is 49.8 Å². The second-order valence-corrected chi connectivity index (χ2v) is 8.15. The summed E-state index contributed by atoms with van der Waals surface area (Å²) in [4.78, 5) is 25.5. The molecule has 0 spiro atoms. The summed E-state index contributed by atoms with van der Waals surface area (Å²) < 4.78 is 10.7. The van der Waals surface area contributed by atoms with Crippen LogP contribution in [0.1, 0.15) is 30.6 Å². The van der Waals surface area contributed by atoms with E-state index in [0.29, 0.717) is 27.2 Å². The van der Waals surface area contributed by atoms with Gasteiger partial charge in [0.2, 0.25) is 17.8 Å². The molecule has 4 rings (SSSR count). The number of aromatic nitrogens is 2. The van der Waals surface area contributed by atoms with E-state index in [0.717, 1.165) is 12.0 Å². The molecule has 1 aliphatic heterocycles. The van der Waals surface area contributed by atoms with E-state index in [1.807, 2.05) is 38.1 Å². The van der Waals surface area contributed by atoms with Crippen LogP contribution in [0, 0.1) is 5.92 Å². The normalized spacial score (nSPS) is 14.0. The Morgan fingerprint density at radius 2 is 1.87 bits per heavy atom. The van der Waals surface area contributed by atoms with E-state index in [1.54, 1.807) is 24.3 Å². The smallest absolute Gasteiger partial charge is 0.251 e. The number of fused-ring (bicyclic) bond motifs is 1. The molecule has 2 heterocycles. The van der Waals surface area contributed by atoms with Crippen LogP contribution >= 0.6 is 11.3 Å². The molecule has 3 aromatic rings. The number of carbonyl (C=O) groups is 2. The van der Waals surface area contributed by atoms with Crippen molar-refractivity contribution in [2.45, 2.75) is 26.3 Å². The molecule has 160 valence electrons. The maximum absolute atomic E-state index is 13.0. The van der Waals surface area contributed by atoms with Gasteiger partial charge in [-0.3, -0.25) is 14.9 Å². The summed E-state index contributed by atoms with van der Waals surface area (Å²) >= 11 is 1.25. The molecule has 2 amide bonds. The molecule has 9 heteroatoms. The van der Waals surface area contributed by atoms with E-state index >= 15 is 0 Å². The lowest BCUT2D eigenvalue weighted by Crippen LogP contribution is -2.47. The van der Waals surface area contributed by atoms with Gasteiger partial charge in [0.1, 0.15) is 11.0 Å². The van der Waals surface area contributed by atoms with Crippen LogP contribution in [0.15, 0.2) is 48.5 Å². The highest BCUT2D eigenvalue weighted by Gasteiger charge is 2.27. The van der Waals surface area contributed by atoms with Crippen molar-refractivity contribution in [1.82, 2.24) is 15.5 Å². The van der Waals surface area contributed by atoms with Gasteiger partial charge in [-0.25, -0.2) is 0 Å². The first-order valence-corrected chi connectivity index (χ1v) is 10.8. The summed E-state index contributed by atoms with van der Waals surface area (Å²) in [7, 11) is 0. The third-order valence-corrected chi connectivity index (χ3v) is 5.98. The molecule has 31 heavy (non-hydrogen) atoms. The Morgan fingerprint density at radius 3 is 2.65 bits per heavy atom. The number of ether oxygens (including phenoxy) is 2. The average Bonchev–Trinajstić information content (AvgIpc) is 3.46. The molecule has 8 nitrogen and oxygen atoms in total. The molecule has 0 fully saturated rings. The highest BCUT2D eigenvalue weighted by Crippen LogP contribution is 2.37. The quantitative estimate of drug-likeness (QED) is 0.583. The van der Waals surface area contributed by atoms with Crippen molar-refractivity contribution in [2.24, 2.45) is 5.92 Å². The molecule has 2 aromatic carbocycles. The van der Waals surface area contributed by atoms with Gasteiger partial charge >= 0.3 is 0 Å². The minimum Gasteiger partial charge on any atom is -0.454 e. The van der Waals surface area contributed by atoms with Gasteiger partial charge < -0.3 is 14.8 Å². The monoisotopic (exact) mass is 438 g/mol. The third-order valence-electron chi connectivity index (χ3n) is 5.09. The zero-order valence-electron chi connectivity index (χ0n) is 17.1. The Balaban J connectivity index is 1.47. The van der Waals surface area contributed by atoms with Gasteiger partial charge in [0.25, 0.3) is 5.91 Å². The highest BCUT2D eigenvalue weighted by molar-refractivity contribution is 7.18. The molecule has 0 aliphatic carbocycles. The molecule has 0 radical (unpaired) electrons. The van der Waals surface area contributed by atoms with Crippen molar-refractivity contribution in [3.8, 4) is 22.1 Å². The Labute approximate surface area is 183 Å². The first kappa shape index (κ1) is 20.8. The fourth-order valence-electron chi connectivity index (χ4n) is 3.12. The van der Waals surface area contributed by atoms with Crippen LogP contribution < -0.4 is 20.1 Å². The highest BCUT2D eigenvalue weighted by atomic mass is 32.1. The molecule has 0 saturated carbocycles. The minimum absolute atomic E-state index is 0.0612. The van der Waals surface area contributed by atoms with Crippen molar-refractivity contribution in [1.29, 1.82) is 0 Å². The average molecular weight is 439 g/mol. The second kappa shape index (κ2) is 9.13. The fraction of sp³-hybridized carbons (Fsp3) is 0.273. The summed E-state index contributed by atoms with van der Waals surface area (Å²) in [6, 6.07) is 13.6. The molecular formula is C22H22N4O4S. The number of amides is 2. The minimum atomic E-state index is -0.699. The van der Waals surface area contributed by atoms with Gasteiger partial charge in [0, 0.05) is 11.1 Å². The molecule has 1 aliphatic rings. The first-order chi connectivity index (χ1) is 15.0. The van der Waals surface area contributed by atoms with E-state index in [4.69, 9.17) is 9.47 Å². The summed E-state index contributed by atoms with van der Waals surface area (Å²) in [6.07, 6.45) is 0.728. The Morgan fingerprint density at radius 1 is 1.10 bits per heavy atom. The van der Waals surface area contributed by atoms with Crippen molar-refractivity contribution < 1.29 is 19.1 Å². The standard InChI is InChI=1S/C22H22N4O4S/c1-3-13(2)18(23-19(27)14-7-5-4-6-8-14)20(28)24-22-26-25-21(31-22)15-9-10-16-17(11-15)30-12-29-16/h4-11,13,18H,3,12H2,1-2H3,(H,23,27)(H,24,26,28). The van der Waals surface area contributed by atoms with Crippen LogP contribution in [-0.2, 0) is 4.79 Å². The summed E-state index contributed by atoms with van der Waals surface area (Å²) in [6.45, 7) is 4.10. The largest absolute Gasteiger partial charge is 0.454 e. The van der Waals surface area contributed by atoms with E-state index in [1.165, 1.54) is 11.3 Å². The molecule has 2 unspecified atom stereocenters. The van der Waals surface area contributed by atoms with Crippen LogP contribution in [0.3, 0.4) is 0 Å². The van der Waals surface area contributed by atoms with Gasteiger partial charge in [-0.2, -0.15) is 0 Å². The number of nitrogens with zero attached hydrogens (tertiary/aromatic N) is 2. The maximum Gasteiger partial charge on any atom is 0.251 e. The summed E-state index contributed by atoms with van der Waals surface area (Å²) in [5, 5.41) is 14.9. The topological polar surface area (TPSA) is 102 Å². The van der Waals surface area contributed by atoms with Crippen LogP contribution in [0.25, 0.3) is 10.6 Å². The summed E-state index contributed by atoms with van der Waals surface area (Å²) in [5.41, 5.74) is 1.32. The Bertz CT molecular complexity index is 1090. The van der Waals surface area contributed by atoms with Crippen LogP contribution in [0.5, 0.6) is 11.5 Å². The van der Waals surface area contributed by atoms with Crippen LogP contribution in [0.4, 0.5) is 5.13 Å². The Kier molecular flexibility index (Phi) is 6.13. The van der Waals surface area contributed by atoms with Crippen molar-refractivity contribution in [3.05, 3.63) is 54.1 Å². The SMILES string of the molecule is CCC(C)C(NC(=O)c1ccccc1)C(=O)Nc1nnc(-c2ccc3c(c2)OCO3)s1. The number of nitrogens with one attached hydrogen (secondary N) is 2. The van der Waals surface area contributed by atoms with Crippen LogP contribution in [0.2, 0.25) is 0 Å². The predicted octanol–water partition coefficient (Wildman–Crippen LogP) is 3.72. The van der Waals surface area contributed by atoms with E-state index < -0.39 is 6.04 Å². The van der Waals surface area contributed by atoms with Gasteiger partial charge in [-0.15, -0.1) is 10.2 Å². The third kappa shape index (κ3) is 4.66. The van der Waals surface area contributed by atoms with Crippen LogP contribution in [-0.4, -0.2) is 34.8 Å². The predicted molar refractivity (Wildman–Crippen MR) is 117 cm³/mol. The fourth-order valence-corrected chi connectivity index (χ4v) is 3.86. The number of rotatable bonds is 7. The number of carbonyl (C=O) groups excluding carboxylic acids is 2. The number of anilines is 1. The first-order valence-electron chi connectivity index (χ1n) is 9.95. The number of hydrogen-bond donors (Lipinski definition) is 2. The number of hydrogen-bond acceptors (Lipinski definition) is 7. The van der Waals surface area contributed by atoms with E-state index in [-0.39, 0.29) is 24.5 Å². The zero-order chi connectivity index (χ0) is 21.8. The molecule has 0 saturated heterocycles. The zero-order valence-corrected chi connectivity index (χ0v) is 17.9. The molecule has 2 atom stereocenters. The molecule has 0 bridgehead atoms. The van der Waals surface area contributed by atoms with Gasteiger partial charge in [0.05, 0.1) is 0 Å². The van der Waals surface area contributed by atoms with Crippen molar-refractivity contribution in [3.63, 3.8) is 0 Å². The molecular weight excluding hydrogens is 416 g/mol. The maximum atomic E-state index is 13.0. The molecule has 1 aromatic heterocycles. The van der Waals surface area contributed by atoms with Crippen molar-refractivity contribution in [2.75, 3.05) is 12.1 Å². The van der Waals surface area contributed by atoms with Gasteiger partial charge in [0.15, 0.2) is 11.5 Å². The molecule has 2 N–H and O–H groups in total. The number of benzene rings is 2. The lowest BCUT2D eigenvalue weighted by Gasteiger charge is -2.23. The van der Waals surface area contributed by atoms with E-state index in [2.05, 4.69) is 20.8 Å². The second-order valence-electron chi connectivity index (χ2n) is 7.17. The summed E-state index contributed by atoms with van der Waals surface area (Å²) in [5.74, 6) is 0.659. The Hall–Kier alpha value is -3.46.